The summed E-state index contributed by atoms with van der Waals surface area (Å²) in [7, 11) is 0. The molecule has 0 saturated carbocycles. The molecule has 3 heterocycles. The Hall–Kier alpha value is -2.35. The van der Waals surface area contributed by atoms with Crippen LogP contribution >= 0.6 is 0 Å². The molecule has 8 nitrogen and oxygen atoms in total. The van der Waals surface area contributed by atoms with Gasteiger partial charge in [0.15, 0.2) is 5.76 Å². The molecule has 0 bridgehead atoms. The molecular formula is C19H28N4O4. The fourth-order valence-electron chi connectivity index (χ4n) is 3.56. The lowest BCUT2D eigenvalue weighted by Crippen LogP contribution is -2.48. The monoisotopic (exact) mass is 376 g/mol. The molecule has 8 heteroatoms. The number of carbonyl (C=O) groups excluding carboxylic acids is 3. The molecule has 2 fully saturated rings. The lowest BCUT2D eigenvalue weighted by Gasteiger charge is -2.31. The maximum absolute atomic E-state index is 12.1. The Morgan fingerprint density at radius 3 is 2.44 bits per heavy atom. The van der Waals surface area contributed by atoms with E-state index in [-0.39, 0.29) is 36.9 Å². The first-order valence-corrected chi connectivity index (χ1v) is 9.65. The van der Waals surface area contributed by atoms with Crippen molar-refractivity contribution in [2.75, 3.05) is 39.3 Å². The first-order chi connectivity index (χ1) is 13.0. The summed E-state index contributed by atoms with van der Waals surface area (Å²) >= 11 is 0. The molecule has 0 unspecified atom stereocenters. The van der Waals surface area contributed by atoms with Gasteiger partial charge in [-0.3, -0.25) is 19.3 Å². The second-order valence-electron chi connectivity index (χ2n) is 7.30. The Kier molecular flexibility index (Phi) is 6.49. The van der Waals surface area contributed by atoms with Crippen LogP contribution < -0.4 is 10.6 Å². The van der Waals surface area contributed by atoms with Crippen molar-refractivity contribution in [1.29, 1.82) is 0 Å². The second-order valence-corrected chi connectivity index (χ2v) is 7.30. The molecule has 1 aromatic heterocycles. The Morgan fingerprint density at radius 2 is 1.81 bits per heavy atom. The van der Waals surface area contributed by atoms with Crippen LogP contribution in [-0.2, 0) is 9.59 Å². The fourth-order valence-corrected chi connectivity index (χ4v) is 3.56. The molecule has 0 aromatic carbocycles. The van der Waals surface area contributed by atoms with E-state index in [1.807, 2.05) is 0 Å². The zero-order valence-corrected chi connectivity index (χ0v) is 15.8. The number of rotatable bonds is 6. The predicted octanol–water partition coefficient (Wildman–Crippen LogP) is 0.521. The van der Waals surface area contributed by atoms with E-state index in [9.17, 15) is 14.4 Å². The van der Waals surface area contributed by atoms with Gasteiger partial charge in [-0.25, -0.2) is 0 Å². The third kappa shape index (κ3) is 5.56. The summed E-state index contributed by atoms with van der Waals surface area (Å²) in [5, 5.41) is 5.70. The number of nitrogens with zero attached hydrogens (tertiary/aromatic N) is 2. The number of piperidine rings is 1. The van der Waals surface area contributed by atoms with Gasteiger partial charge in [0.1, 0.15) is 5.76 Å². The van der Waals surface area contributed by atoms with E-state index < -0.39 is 0 Å². The van der Waals surface area contributed by atoms with Crippen LogP contribution in [0, 0.1) is 6.92 Å². The normalized spacial score (nSPS) is 18.5. The van der Waals surface area contributed by atoms with Gasteiger partial charge >= 0.3 is 0 Å². The molecule has 27 heavy (non-hydrogen) atoms. The highest BCUT2D eigenvalue weighted by molar-refractivity contribution is 5.91. The topological polar surface area (TPSA) is 94.9 Å². The van der Waals surface area contributed by atoms with E-state index in [2.05, 4.69) is 15.5 Å². The lowest BCUT2D eigenvalue weighted by molar-refractivity contribution is -0.132. The van der Waals surface area contributed by atoms with Crippen LogP contribution in [0.3, 0.4) is 0 Å². The van der Waals surface area contributed by atoms with Gasteiger partial charge in [0.05, 0.1) is 13.1 Å². The Balaban J connectivity index is 1.33. The number of furan rings is 1. The molecule has 2 N–H and O–H groups in total. The molecule has 3 amide bonds. The summed E-state index contributed by atoms with van der Waals surface area (Å²) in [4.78, 5) is 40.0. The summed E-state index contributed by atoms with van der Waals surface area (Å²) in [6, 6.07) is 3.53. The molecule has 148 valence electrons. The van der Waals surface area contributed by atoms with Gasteiger partial charge in [0, 0.05) is 32.2 Å². The fraction of sp³-hybridized carbons (Fsp3) is 0.632. The van der Waals surface area contributed by atoms with E-state index >= 15 is 0 Å². The van der Waals surface area contributed by atoms with Gasteiger partial charge in [-0.1, -0.05) is 0 Å². The molecule has 2 saturated heterocycles. The van der Waals surface area contributed by atoms with Crippen molar-refractivity contribution in [2.45, 2.75) is 38.6 Å². The van der Waals surface area contributed by atoms with Crippen molar-refractivity contribution in [3.8, 4) is 0 Å². The molecule has 3 rings (SSSR count). The number of hydrogen-bond donors (Lipinski definition) is 2. The number of aryl methyl sites for hydroxylation is 1. The van der Waals surface area contributed by atoms with Gasteiger partial charge < -0.3 is 20.0 Å². The van der Waals surface area contributed by atoms with Crippen molar-refractivity contribution in [3.63, 3.8) is 0 Å². The molecule has 0 radical (unpaired) electrons. The van der Waals surface area contributed by atoms with Crippen LogP contribution in [0.5, 0.6) is 0 Å². The van der Waals surface area contributed by atoms with E-state index in [0.29, 0.717) is 11.5 Å². The largest absolute Gasteiger partial charge is 0.456 e. The highest BCUT2D eigenvalue weighted by atomic mass is 16.3. The van der Waals surface area contributed by atoms with Crippen LogP contribution in [0.2, 0.25) is 0 Å². The predicted molar refractivity (Wildman–Crippen MR) is 99.2 cm³/mol. The Morgan fingerprint density at radius 1 is 1.11 bits per heavy atom. The summed E-state index contributed by atoms with van der Waals surface area (Å²) in [5.41, 5.74) is 0. The van der Waals surface area contributed by atoms with Gasteiger partial charge in [-0.15, -0.1) is 0 Å². The van der Waals surface area contributed by atoms with Crippen LogP contribution in [0.4, 0.5) is 0 Å². The average Bonchev–Trinajstić information content (AvgIpc) is 3.33. The van der Waals surface area contributed by atoms with Crippen molar-refractivity contribution in [2.24, 2.45) is 0 Å². The molecular weight excluding hydrogens is 348 g/mol. The minimum absolute atomic E-state index is 0.00423. The zero-order chi connectivity index (χ0) is 19.2. The minimum Gasteiger partial charge on any atom is -0.456 e. The highest BCUT2D eigenvalue weighted by Crippen LogP contribution is 2.12. The Bertz CT molecular complexity index is 673. The summed E-state index contributed by atoms with van der Waals surface area (Å²) < 4.78 is 5.34. The number of likely N-dealkylation sites (tertiary alicyclic amines) is 2. The molecule has 2 aliphatic rings. The van der Waals surface area contributed by atoms with E-state index in [0.717, 1.165) is 51.9 Å². The van der Waals surface area contributed by atoms with Crippen molar-refractivity contribution >= 4 is 17.7 Å². The third-order valence-corrected chi connectivity index (χ3v) is 5.15. The SMILES string of the molecule is Cc1ccc(C(=O)NC2CCN(CC(=O)NCC(=O)N3CCCC3)CC2)o1. The van der Waals surface area contributed by atoms with E-state index in [1.54, 1.807) is 24.0 Å². The van der Waals surface area contributed by atoms with E-state index in [1.165, 1.54) is 0 Å². The van der Waals surface area contributed by atoms with Gasteiger partial charge in [0.2, 0.25) is 11.8 Å². The molecule has 0 spiro atoms. The van der Waals surface area contributed by atoms with Crippen molar-refractivity contribution < 1.29 is 18.8 Å². The zero-order valence-electron chi connectivity index (χ0n) is 15.8. The first-order valence-electron chi connectivity index (χ1n) is 9.65. The first kappa shape index (κ1) is 19.4. The minimum atomic E-state index is -0.195. The lowest BCUT2D eigenvalue weighted by atomic mass is 10.0. The smallest absolute Gasteiger partial charge is 0.287 e. The molecule has 0 aliphatic carbocycles. The van der Waals surface area contributed by atoms with Crippen LogP contribution in [0.25, 0.3) is 0 Å². The standard InChI is InChI=1S/C19H28N4O4/c1-14-4-5-16(27-14)19(26)21-15-6-10-22(11-7-15)13-17(24)20-12-18(25)23-8-2-3-9-23/h4-5,15H,2-3,6-13H2,1H3,(H,20,24)(H,21,26). The molecule has 2 aliphatic heterocycles. The van der Waals surface area contributed by atoms with Crippen molar-refractivity contribution in [3.05, 3.63) is 23.7 Å². The Labute approximate surface area is 159 Å². The quantitative estimate of drug-likeness (QED) is 0.755. The van der Waals surface area contributed by atoms with Gasteiger partial charge in [-0.2, -0.15) is 0 Å². The summed E-state index contributed by atoms with van der Waals surface area (Å²) in [5.74, 6) is 0.715. The number of amides is 3. The van der Waals surface area contributed by atoms with Gasteiger partial charge in [0.25, 0.3) is 5.91 Å². The number of hydrogen-bond acceptors (Lipinski definition) is 5. The van der Waals surface area contributed by atoms with Crippen molar-refractivity contribution in [1.82, 2.24) is 20.4 Å². The van der Waals surface area contributed by atoms with Crippen LogP contribution in [-0.4, -0.2) is 72.8 Å². The highest BCUT2D eigenvalue weighted by Gasteiger charge is 2.24. The summed E-state index contributed by atoms with van der Waals surface area (Å²) in [6.07, 6.45) is 3.66. The molecule has 0 atom stereocenters. The number of nitrogens with one attached hydrogen (secondary N) is 2. The molecule has 1 aromatic rings. The third-order valence-electron chi connectivity index (χ3n) is 5.15. The van der Waals surface area contributed by atoms with Gasteiger partial charge in [-0.05, 0) is 44.7 Å². The van der Waals surface area contributed by atoms with Crippen LogP contribution in [0.1, 0.15) is 42.0 Å². The maximum atomic E-state index is 12.1. The summed E-state index contributed by atoms with van der Waals surface area (Å²) in [6.45, 7) is 5.22. The average molecular weight is 376 g/mol. The van der Waals surface area contributed by atoms with E-state index in [4.69, 9.17) is 4.42 Å². The number of carbonyl (C=O) groups is 3. The second kappa shape index (κ2) is 9.03. The maximum Gasteiger partial charge on any atom is 0.287 e. The van der Waals surface area contributed by atoms with Crippen LogP contribution in [0.15, 0.2) is 16.5 Å².